The molecule has 1 aromatic carbocycles. The van der Waals surface area contributed by atoms with E-state index in [0.717, 1.165) is 37.9 Å². The molecule has 0 saturated carbocycles. The Hall–Kier alpha value is -1.98. The summed E-state index contributed by atoms with van der Waals surface area (Å²) in [5, 5.41) is 13.4. The van der Waals surface area contributed by atoms with Crippen LogP contribution in [0.25, 0.3) is 0 Å². The molecule has 2 atom stereocenters. The Balaban J connectivity index is 1.71. The number of aliphatic hydroxyl groups is 1. The van der Waals surface area contributed by atoms with Gasteiger partial charge >= 0.3 is 0 Å². The fourth-order valence-corrected chi connectivity index (χ4v) is 3.22. The molecular weight excluding hydrogens is 288 g/mol. The number of nitrogens with zero attached hydrogens (tertiary/aromatic N) is 3. The molecule has 1 aliphatic rings. The molecule has 122 valence electrons. The van der Waals surface area contributed by atoms with Gasteiger partial charge in [0.05, 0.1) is 6.10 Å². The summed E-state index contributed by atoms with van der Waals surface area (Å²) in [4.78, 5) is 10.9. The topological polar surface area (TPSA) is 61.3 Å². The van der Waals surface area contributed by atoms with E-state index in [9.17, 15) is 5.11 Å². The molecule has 0 aliphatic carbocycles. The Morgan fingerprint density at radius 2 is 1.91 bits per heavy atom. The summed E-state index contributed by atoms with van der Waals surface area (Å²) in [6, 6.07) is 10.5. The molecule has 23 heavy (non-hydrogen) atoms. The molecule has 2 N–H and O–H groups in total. The van der Waals surface area contributed by atoms with Crippen LogP contribution in [0.1, 0.15) is 24.0 Å². The first kappa shape index (κ1) is 15.9. The summed E-state index contributed by atoms with van der Waals surface area (Å²) in [5.74, 6) is 0.633. The molecule has 1 fully saturated rings. The maximum Gasteiger partial charge on any atom is 0.222 e. The van der Waals surface area contributed by atoms with Gasteiger partial charge in [-0.1, -0.05) is 30.3 Å². The Labute approximate surface area is 137 Å². The van der Waals surface area contributed by atoms with Crippen molar-refractivity contribution < 1.29 is 5.11 Å². The van der Waals surface area contributed by atoms with Gasteiger partial charge in [0.2, 0.25) is 5.95 Å². The Morgan fingerprint density at radius 3 is 2.61 bits per heavy atom. The third kappa shape index (κ3) is 4.06. The van der Waals surface area contributed by atoms with E-state index in [2.05, 4.69) is 44.5 Å². The predicted molar refractivity (Wildman–Crippen MR) is 91.2 cm³/mol. The van der Waals surface area contributed by atoms with Crippen molar-refractivity contribution in [2.24, 2.45) is 0 Å². The van der Waals surface area contributed by atoms with Crippen molar-refractivity contribution in [3.8, 4) is 0 Å². The van der Waals surface area contributed by atoms with Gasteiger partial charge in [0, 0.05) is 37.6 Å². The Kier molecular flexibility index (Phi) is 5.20. The standard InChI is InChI=1S/C18H24N4O/c1-19-18-20-11-15(12-21-18)13-22-9-5-8-17(23)16(22)10-14-6-3-2-4-7-14/h2-4,6-7,11-12,16-17,23H,5,8-10,13H2,1H3,(H,19,20,21)/t16-,17-/m0/s1. The molecule has 5 nitrogen and oxygen atoms in total. The van der Waals surface area contributed by atoms with E-state index in [1.54, 1.807) is 0 Å². The van der Waals surface area contributed by atoms with Gasteiger partial charge < -0.3 is 10.4 Å². The summed E-state index contributed by atoms with van der Waals surface area (Å²) in [6.07, 6.45) is 6.22. The number of benzene rings is 1. The van der Waals surface area contributed by atoms with E-state index in [4.69, 9.17) is 0 Å². The third-order valence-electron chi connectivity index (χ3n) is 4.46. The highest BCUT2D eigenvalue weighted by atomic mass is 16.3. The fraction of sp³-hybridized carbons (Fsp3) is 0.444. The molecule has 3 rings (SSSR count). The summed E-state index contributed by atoms with van der Waals surface area (Å²) >= 11 is 0. The van der Waals surface area contributed by atoms with E-state index >= 15 is 0 Å². The molecule has 2 heterocycles. The molecule has 2 aromatic rings. The summed E-state index contributed by atoms with van der Waals surface area (Å²) < 4.78 is 0. The number of likely N-dealkylation sites (tertiary alicyclic amines) is 1. The van der Waals surface area contributed by atoms with Crippen LogP contribution in [0.3, 0.4) is 0 Å². The van der Waals surface area contributed by atoms with Gasteiger partial charge in [-0.3, -0.25) is 4.90 Å². The highest BCUT2D eigenvalue weighted by Gasteiger charge is 2.30. The maximum absolute atomic E-state index is 10.5. The van der Waals surface area contributed by atoms with E-state index in [1.165, 1.54) is 5.56 Å². The summed E-state index contributed by atoms with van der Waals surface area (Å²) in [7, 11) is 1.81. The minimum atomic E-state index is -0.276. The van der Waals surface area contributed by atoms with Gasteiger partial charge in [-0.15, -0.1) is 0 Å². The number of anilines is 1. The minimum Gasteiger partial charge on any atom is -0.391 e. The number of rotatable bonds is 5. The van der Waals surface area contributed by atoms with E-state index in [0.29, 0.717) is 5.95 Å². The molecule has 5 heteroatoms. The largest absolute Gasteiger partial charge is 0.391 e. The molecule has 0 bridgehead atoms. The lowest BCUT2D eigenvalue weighted by Gasteiger charge is -2.39. The second-order valence-corrected chi connectivity index (χ2v) is 6.10. The number of hydrogen-bond donors (Lipinski definition) is 2. The minimum absolute atomic E-state index is 0.148. The van der Waals surface area contributed by atoms with Crippen molar-refractivity contribution in [2.45, 2.75) is 38.0 Å². The van der Waals surface area contributed by atoms with Crippen LogP contribution in [-0.2, 0) is 13.0 Å². The van der Waals surface area contributed by atoms with Gasteiger partial charge in [-0.2, -0.15) is 0 Å². The molecule has 0 radical (unpaired) electrons. The normalized spacial score (nSPS) is 22.0. The summed E-state index contributed by atoms with van der Waals surface area (Å²) in [5.41, 5.74) is 2.35. The van der Waals surface area contributed by atoms with Crippen LogP contribution in [0.5, 0.6) is 0 Å². The molecule has 0 amide bonds. The number of hydrogen-bond acceptors (Lipinski definition) is 5. The maximum atomic E-state index is 10.5. The molecule has 1 saturated heterocycles. The van der Waals surface area contributed by atoms with Crippen molar-refractivity contribution in [1.82, 2.24) is 14.9 Å². The van der Waals surface area contributed by atoms with Crippen LogP contribution in [0, 0.1) is 0 Å². The van der Waals surface area contributed by atoms with Gasteiger partial charge in [-0.25, -0.2) is 9.97 Å². The zero-order valence-corrected chi connectivity index (χ0v) is 13.5. The lowest BCUT2D eigenvalue weighted by molar-refractivity contribution is 0.00664. The number of nitrogens with one attached hydrogen (secondary N) is 1. The first-order chi connectivity index (χ1) is 11.3. The lowest BCUT2D eigenvalue weighted by atomic mass is 9.92. The highest BCUT2D eigenvalue weighted by Crippen LogP contribution is 2.23. The van der Waals surface area contributed by atoms with Crippen LogP contribution in [0.15, 0.2) is 42.7 Å². The van der Waals surface area contributed by atoms with Crippen molar-refractivity contribution in [2.75, 3.05) is 18.9 Å². The average Bonchev–Trinajstić information content (AvgIpc) is 2.59. The smallest absolute Gasteiger partial charge is 0.222 e. The van der Waals surface area contributed by atoms with Gasteiger partial charge in [0.25, 0.3) is 0 Å². The van der Waals surface area contributed by atoms with Crippen LogP contribution in [0.4, 0.5) is 5.95 Å². The molecule has 0 spiro atoms. The van der Waals surface area contributed by atoms with Crippen LogP contribution >= 0.6 is 0 Å². The second-order valence-electron chi connectivity index (χ2n) is 6.10. The molecule has 0 unspecified atom stereocenters. The monoisotopic (exact) mass is 312 g/mol. The zero-order chi connectivity index (χ0) is 16.1. The van der Waals surface area contributed by atoms with Gasteiger partial charge in [-0.05, 0) is 31.4 Å². The number of piperidine rings is 1. The molecule has 1 aliphatic heterocycles. The number of aliphatic hydroxyl groups excluding tert-OH is 1. The fourth-order valence-electron chi connectivity index (χ4n) is 3.22. The Bertz CT molecular complexity index is 602. The van der Waals surface area contributed by atoms with Gasteiger partial charge in [0.1, 0.15) is 0 Å². The molecular formula is C18H24N4O. The van der Waals surface area contributed by atoms with Crippen molar-refractivity contribution in [3.05, 3.63) is 53.9 Å². The van der Waals surface area contributed by atoms with Crippen molar-refractivity contribution >= 4 is 5.95 Å². The average molecular weight is 312 g/mol. The lowest BCUT2D eigenvalue weighted by Crippen LogP contribution is -2.48. The van der Waals surface area contributed by atoms with Crippen LogP contribution in [0.2, 0.25) is 0 Å². The SMILES string of the molecule is CNc1ncc(CN2CCC[C@H](O)[C@@H]2Cc2ccccc2)cn1. The second kappa shape index (κ2) is 7.53. The highest BCUT2D eigenvalue weighted by molar-refractivity contribution is 5.23. The van der Waals surface area contributed by atoms with Crippen LogP contribution in [-0.4, -0.2) is 45.7 Å². The number of aromatic nitrogens is 2. The third-order valence-corrected chi connectivity index (χ3v) is 4.46. The Morgan fingerprint density at radius 1 is 1.17 bits per heavy atom. The van der Waals surface area contributed by atoms with E-state index in [1.807, 2.05) is 25.5 Å². The predicted octanol–water partition coefficient (Wildman–Crippen LogP) is 2.09. The van der Waals surface area contributed by atoms with Crippen molar-refractivity contribution in [3.63, 3.8) is 0 Å². The quantitative estimate of drug-likeness (QED) is 0.885. The van der Waals surface area contributed by atoms with Crippen LogP contribution < -0.4 is 5.32 Å². The van der Waals surface area contributed by atoms with Gasteiger partial charge in [0.15, 0.2) is 0 Å². The van der Waals surface area contributed by atoms with Crippen molar-refractivity contribution in [1.29, 1.82) is 0 Å². The summed E-state index contributed by atoms with van der Waals surface area (Å²) in [6.45, 7) is 1.78. The van der Waals surface area contributed by atoms with E-state index < -0.39 is 0 Å². The first-order valence-corrected chi connectivity index (χ1v) is 8.21. The first-order valence-electron chi connectivity index (χ1n) is 8.21. The van der Waals surface area contributed by atoms with E-state index in [-0.39, 0.29) is 12.1 Å². The molecule has 1 aromatic heterocycles. The zero-order valence-electron chi connectivity index (χ0n) is 13.5.